The summed E-state index contributed by atoms with van der Waals surface area (Å²) >= 11 is 0. The molecule has 0 radical (unpaired) electrons. The van der Waals surface area contributed by atoms with Gasteiger partial charge in [-0.05, 0) is 58.0 Å². The van der Waals surface area contributed by atoms with Crippen LogP contribution in [0, 0.1) is 0 Å². The van der Waals surface area contributed by atoms with Gasteiger partial charge in [0.25, 0.3) is 0 Å². The first-order chi connectivity index (χ1) is 20.1. The minimum absolute atomic E-state index is 0. The topological polar surface area (TPSA) is 114 Å². The van der Waals surface area contributed by atoms with Crippen molar-refractivity contribution in [3.05, 3.63) is 156 Å². The Balaban J connectivity index is 0.000000192. The van der Waals surface area contributed by atoms with Gasteiger partial charge in [0, 0.05) is 10.8 Å². The van der Waals surface area contributed by atoms with Crippen molar-refractivity contribution in [3.8, 4) is 0 Å². The molecule has 0 aliphatic rings. The van der Waals surface area contributed by atoms with Crippen molar-refractivity contribution in [1.29, 1.82) is 0 Å². The van der Waals surface area contributed by atoms with Gasteiger partial charge in [-0.15, -0.1) is 0 Å². The second-order valence-electron chi connectivity index (χ2n) is 9.78. The normalized spacial score (nSPS) is 11.4. The van der Waals surface area contributed by atoms with E-state index < -0.39 is 20.2 Å². The molecule has 0 saturated heterocycles. The smallest absolute Gasteiger partial charge is 0.744 e. The number of benzene rings is 6. The van der Waals surface area contributed by atoms with Crippen molar-refractivity contribution in [2.45, 2.75) is 22.6 Å². The molecule has 212 valence electrons. The van der Waals surface area contributed by atoms with Gasteiger partial charge in [-0.2, -0.15) is 0 Å². The van der Waals surface area contributed by atoms with Gasteiger partial charge >= 0.3 is 23.1 Å². The van der Waals surface area contributed by atoms with Crippen LogP contribution in [0.5, 0.6) is 0 Å². The van der Waals surface area contributed by atoms with Gasteiger partial charge in [0.05, 0.1) is 9.79 Å². The molecule has 0 aliphatic carbocycles. The third-order valence-electron chi connectivity index (χ3n) is 6.92. The summed E-state index contributed by atoms with van der Waals surface area (Å²) in [6.45, 7) is 0. The molecule has 43 heavy (non-hydrogen) atoms. The number of hydrogen-bond acceptors (Lipinski definition) is 6. The Bertz CT molecular complexity index is 1920. The van der Waals surface area contributed by atoms with Crippen LogP contribution in [0.1, 0.15) is 22.3 Å². The Labute approximate surface area is 267 Å². The van der Waals surface area contributed by atoms with E-state index in [1.165, 1.54) is 12.1 Å². The van der Waals surface area contributed by atoms with Gasteiger partial charge in [-0.25, -0.2) is 16.8 Å². The third-order valence-corrected chi connectivity index (χ3v) is 8.68. The molecule has 0 heterocycles. The summed E-state index contributed by atoms with van der Waals surface area (Å²) in [6, 6.07) is 40.2. The van der Waals surface area contributed by atoms with E-state index in [9.17, 15) is 25.9 Å². The first kappa shape index (κ1) is 32.3. The Morgan fingerprint density at radius 3 is 1.07 bits per heavy atom. The summed E-state index contributed by atoms with van der Waals surface area (Å²) in [5.41, 5.74) is 3.83. The minimum atomic E-state index is -4.49. The van der Waals surface area contributed by atoms with E-state index in [1.807, 2.05) is 109 Å². The van der Waals surface area contributed by atoms with E-state index in [2.05, 4.69) is 0 Å². The van der Waals surface area contributed by atoms with Crippen LogP contribution in [0.2, 0.25) is 0 Å². The van der Waals surface area contributed by atoms with Crippen molar-refractivity contribution in [2.75, 3.05) is 0 Å². The average Bonchev–Trinajstić information content (AvgIpc) is 2.97. The van der Waals surface area contributed by atoms with Crippen LogP contribution in [0.4, 0.5) is 0 Å². The first-order valence-corrected chi connectivity index (χ1v) is 15.9. The quantitative estimate of drug-likeness (QED) is 0.160. The van der Waals surface area contributed by atoms with E-state index >= 15 is 0 Å². The van der Waals surface area contributed by atoms with Crippen LogP contribution in [0.25, 0.3) is 21.5 Å². The molecule has 0 aliphatic heterocycles. The molecule has 0 aromatic heterocycles. The molecule has 6 nitrogen and oxygen atoms in total. The maximum Gasteiger partial charge on any atom is 2.00 e. The molecule has 0 unspecified atom stereocenters. The molecule has 0 bridgehead atoms. The molecular formula is C34H26MgO6S2. The monoisotopic (exact) mass is 618 g/mol. The van der Waals surface area contributed by atoms with E-state index in [0.29, 0.717) is 23.6 Å². The summed E-state index contributed by atoms with van der Waals surface area (Å²) < 4.78 is 69.0. The molecule has 0 amide bonds. The minimum Gasteiger partial charge on any atom is -0.744 e. The zero-order valence-electron chi connectivity index (χ0n) is 23.1. The zero-order valence-corrected chi connectivity index (χ0v) is 26.1. The third kappa shape index (κ3) is 7.88. The molecule has 0 N–H and O–H groups in total. The summed E-state index contributed by atoms with van der Waals surface area (Å²) in [5, 5.41) is 2.58. The average molecular weight is 619 g/mol. The Morgan fingerprint density at radius 2 is 0.744 bits per heavy atom. The van der Waals surface area contributed by atoms with Crippen LogP contribution >= 0.6 is 0 Å². The standard InChI is InChI=1S/2C17H14O3S.Mg/c2*18-21(19,20)16-11-5-9-14-8-4-10-15(17(14)16)12-13-6-2-1-3-7-13;/h2*1-11H,12H2,(H,18,19,20);/q;;+2/p-2. The van der Waals surface area contributed by atoms with Gasteiger partial charge in [0.15, 0.2) is 0 Å². The number of fused-ring (bicyclic) bond motifs is 2. The fourth-order valence-electron chi connectivity index (χ4n) is 5.11. The largest absolute Gasteiger partial charge is 2.00 e. The molecule has 0 spiro atoms. The van der Waals surface area contributed by atoms with Crippen molar-refractivity contribution in [2.24, 2.45) is 0 Å². The van der Waals surface area contributed by atoms with E-state index in [1.54, 1.807) is 12.1 Å². The Kier molecular flexibility index (Phi) is 10.4. The fraction of sp³-hybridized carbons (Fsp3) is 0.0588. The molecular weight excluding hydrogens is 593 g/mol. The maximum atomic E-state index is 11.5. The predicted octanol–water partition coefficient (Wildman–Crippen LogP) is 6.29. The number of hydrogen-bond donors (Lipinski definition) is 0. The molecule has 0 fully saturated rings. The molecule has 0 saturated carbocycles. The summed E-state index contributed by atoms with van der Waals surface area (Å²) in [7, 11) is -8.99. The summed E-state index contributed by atoms with van der Waals surface area (Å²) in [5.74, 6) is 0. The van der Waals surface area contributed by atoms with Crippen molar-refractivity contribution >= 4 is 64.8 Å². The van der Waals surface area contributed by atoms with Crippen LogP contribution < -0.4 is 0 Å². The summed E-state index contributed by atoms with van der Waals surface area (Å²) in [4.78, 5) is -0.293. The molecule has 0 atom stereocenters. The Morgan fingerprint density at radius 1 is 0.419 bits per heavy atom. The van der Waals surface area contributed by atoms with Gasteiger partial charge in [-0.3, -0.25) is 0 Å². The van der Waals surface area contributed by atoms with Crippen LogP contribution in [0.15, 0.2) is 143 Å². The molecule has 6 aromatic carbocycles. The second kappa shape index (κ2) is 13.8. The molecule has 6 aromatic rings. The first-order valence-electron chi connectivity index (χ1n) is 13.1. The molecule has 9 heteroatoms. The fourth-order valence-corrected chi connectivity index (χ4v) is 6.60. The SMILES string of the molecule is O=S(=O)([O-])c1cccc2cccc(Cc3ccccc3)c12.O=S(=O)([O-])c1cccc2cccc(Cc3ccccc3)c12.[Mg+2]. The van der Waals surface area contributed by atoms with Crippen molar-refractivity contribution in [1.82, 2.24) is 0 Å². The van der Waals surface area contributed by atoms with Crippen LogP contribution in [0.3, 0.4) is 0 Å². The van der Waals surface area contributed by atoms with E-state index in [-0.39, 0.29) is 32.8 Å². The second-order valence-corrected chi connectivity index (χ2v) is 12.5. The van der Waals surface area contributed by atoms with E-state index in [4.69, 9.17) is 0 Å². The molecule has 6 rings (SSSR count). The van der Waals surface area contributed by atoms with Crippen molar-refractivity contribution in [3.63, 3.8) is 0 Å². The number of rotatable bonds is 6. The Hall–Kier alpha value is -3.57. The predicted molar refractivity (Wildman–Crippen MR) is 168 cm³/mol. The van der Waals surface area contributed by atoms with Crippen LogP contribution in [-0.4, -0.2) is 49.0 Å². The van der Waals surface area contributed by atoms with Gasteiger partial charge < -0.3 is 9.11 Å². The van der Waals surface area contributed by atoms with Gasteiger partial charge in [0.2, 0.25) is 0 Å². The van der Waals surface area contributed by atoms with Gasteiger partial charge in [0.1, 0.15) is 20.2 Å². The van der Waals surface area contributed by atoms with Crippen LogP contribution in [-0.2, 0) is 33.1 Å². The zero-order chi connectivity index (χ0) is 29.7. The summed E-state index contributed by atoms with van der Waals surface area (Å²) in [6.07, 6.45) is 1.18. The van der Waals surface area contributed by atoms with Crippen molar-refractivity contribution < 1.29 is 25.9 Å². The van der Waals surface area contributed by atoms with E-state index in [0.717, 1.165) is 33.0 Å². The maximum absolute atomic E-state index is 11.5. The van der Waals surface area contributed by atoms with Gasteiger partial charge in [-0.1, -0.05) is 121 Å².